The van der Waals surface area contributed by atoms with Gasteiger partial charge in [-0.2, -0.15) is 0 Å². The van der Waals surface area contributed by atoms with Gasteiger partial charge in [-0.25, -0.2) is 0 Å². The highest BCUT2D eigenvalue weighted by Crippen LogP contribution is 2.19. The molecule has 6 heteroatoms. The van der Waals surface area contributed by atoms with Crippen LogP contribution in [0.15, 0.2) is 48.5 Å². The quantitative estimate of drug-likeness (QED) is 0.491. The number of nitrogen functional groups attached to an aromatic ring is 1. The third kappa shape index (κ3) is 9.79. The van der Waals surface area contributed by atoms with E-state index in [0.29, 0.717) is 29.7 Å². The van der Waals surface area contributed by atoms with E-state index in [1.807, 2.05) is 44.7 Å². The number of rotatable bonds is 4. The SMILES string of the molecule is CC.CC.CC1CCCN1C(=O)c1ccc(N)cc1.O=CNCc1ccc(Cl)cc1. The molecule has 2 amide bonds. The van der Waals surface area contributed by atoms with Crippen molar-refractivity contribution >= 4 is 29.6 Å². The van der Waals surface area contributed by atoms with Crippen molar-refractivity contribution in [3.63, 3.8) is 0 Å². The lowest BCUT2D eigenvalue weighted by Crippen LogP contribution is -2.33. The second kappa shape index (κ2) is 16.3. The van der Waals surface area contributed by atoms with Crippen molar-refractivity contribution in [1.29, 1.82) is 0 Å². The molecule has 0 radical (unpaired) electrons. The maximum atomic E-state index is 12.1. The van der Waals surface area contributed by atoms with Gasteiger partial charge in [0.1, 0.15) is 0 Å². The van der Waals surface area contributed by atoms with Crippen LogP contribution < -0.4 is 11.1 Å². The molecule has 1 unspecified atom stereocenters. The molecule has 1 heterocycles. The second-order valence-electron chi connectivity index (χ2n) is 6.24. The fourth-order valence-corrected chi connectivity index (χ4v) is 2.91. The third-order valence-electron chi connectivity index (χ3n) is 4.27. The van der Waals surface area contributed by atoms with Crippen molar-refractivity contribution in [3.05, 3.63) is 64.7 Å². The van der Waals surface area contributed by atoms with Crippen LogP contribution in [-0.2, 0) is 11.3 Å². The van der Waals surface area contributed by atoms with Gasteiger partial charge >= 0.3 is 0 Å². The molecule has 0 saturated carbocycles. The van der Waals surface area contributed by atoms with Crippen LogP contribution in [0.2, 0.25) is 5.02 Å². The number of hydrogen-bond donors (Lipinski definition) is 2. The van der Waals surface area contributed by atoms with E-state index >= 15 is 0 Å². The lowest BCUT2D eigenvalue weighted by molar-refractivity contribution is -0.109. The molecule has 0 aliphatic carbocycles. The Hall–Kier alpha value is -2.53. The molecule has 1 aliphatic heterocycles. The van der Waals surface area contributed by atoms with Gasteiger partial charge in [-0.15, -0.1) is 0 Å². The molecular formula is C24H36ClN3O2. The number of likely N-dealkylation sites (tertiary alicyclic amines) is 1. The number of nitrogens with two attached hydrogens (primary N) is 1. The van der Waals surface area contributed by atoms with Crippen molar-refractivity contribution in [2.45, 2.75) is 60.0 Å². The van der Waals surface area contributed by atoms with Crippen LogP contribution in [0.3, 0.4) is 0 Å². The van der Waals surface area contributed by atoms with E-state index in [4.69, 9.17) is 17.3 Å². The number of halogens is 1. The van der Waals surface area contributed by atoms with Crippen molar-refractivity contribution in [1.82, 2.24) is 10.2 Å². The Labute approximate surface area is 186 Å². The molecule has 30 heavy (non-hydrogen) atoms. The Morgan fingerprint density at radius 1 is 1.10 bits per heavy atom. The van der Waals surface area contributed by atoms with Gasteiger partial charge in [0.25, 0.3) is 5.91 Å². The zero-order valence-electron chi connectivity index (χ0n) is 18.8. The van der Waals surface area contributed by atoms with Gasteiger partial charge in [0, 0.05) is 35.4 Å². The van der Waals surface area contributed by atoms with Gasteiger partial charge in [-0.05, 0) is 61.7 Å². The summed E-state index contributed by atoms with van der Waals surface area (Å²) in [5.41, 5.74) is 8.06. The minimum atomic E-state index is 0.125. The first-order chi connectivity index (χ1) is 14.5. The highest BCUT2D eigenvalue weighted by Gasteiger charge is 2.25. The molecule has 1 aliphatic rings. The standard InChI is InChI=1S/C12H16N2O.C8H8ClNO.2C2H6/c1-9-3-2-8-14(9)12(15)10-4-6-11(13)7-5-10;9-8-3-1-7(2-4-8)5-10-6-11;2*1-2/h4-7,9H,2-3,8,13H2,1H3;1-4,6H,5H2,(H,10,11);2*1-2H3. The van der Waals surface area contributed by atoms with Crippen LogP contribution in [0.25, 0.3) is 0 Å². The first kappa shape index (κ1) is 27.5. The van der Waals surface area contributed by atoms with E-state index in [-0.39, 0.29) is 5.91 Å². The minimum Gasteiger partial charge on any atom is -0.399 e. The number of nitrogens with one attached hydrogen (secondary N) is 1. The molecule has 1 atom stereocenters. The molecule has 2 aromatic rings. The van der Waals surface area contributed by atoms with E-state index < -0.39 is 0 Å². The Kier molecular flexibility index (Phi) is 14.9. The molecule has 166 valence electrons. The molecule has 3 N–H and O–H groups in total. The Balaban J connectivity index is 0.000000498. The molecule has 5 nitrogen and oxygen atoms in total. The average Bonchev–Trinajstić information content (AvgIpc) is 3.22. The van der Waals surface area contributed by atoms with Gasteiger partial charge in [-0.1, -0.05) is 51.4 Å². The molecule has 1 fully saturated rings. The smallest absolute Gasteiger partial charge is 0.254 e. The van der Waals surface area contributed by atoms with Crippen molar-refractivity contribution < 1.29 is 9.59 Å². The summed E-state index contributed by atoms with van der Waals surface area (Å²) < 4.78 is 0. The molecule has 1 saturated heterocycles. The summed E-state index contributed by atoms with van der Waals surface area (Å²) in [6, 6.07) is 14.8. The zero-order valence-corrected chi connectivity index (χ0v) is 19.6. The Bertz CT molecular complexity index is 718. The average molecular weight is 434 g/mol. The van der Waals surface area contributed by atoms with Crippen LogP contribution in [-0.4, -0.2) is 29.8 Å². The van der Waals surface area contributed by atoms with Gasteiger partial charge in [0.2, 0.25) is 6.41 Å². The highest BCUT2D eigenvalue weighted by atomic mass is 35.5. The third-order valence-corrected chi connectivity index (χ3v) is 4.53. The lowest BCUT2D eigenvalue weighted by Gasteiger charge is -2.21. The Morgan fingerprint density at radius 3 is 2.13 bits per heavy atom. The molecule has 0 spiro atoms. The maximum Gasteiger partial charge on any atom is 0.254 e. The minimum absolute atomic E-state index is 0.125. The summed E-state index contributed by atoms with van der Waals surface area (Å²) >= 11 is 5.66. The number of anilines is 1. The number of amides is 2. The fraction of sp³-hybridized carbons (Fsp3) is 0.417. The van der Waals surface area contributed by atoms with Crippen LogP contribution in [0.4, 0.5) is 5.69 Å². The van der Waals surface area contributed by atoms with Crippen LogP contribution in [0.1, 0.15) is 63.4 Å². The zero-order chi connectivity index (χ0) is 22.9. The molecule has 2 aromatic carbocycles. The van der Waals surface area contributed by atoms with E-state index in [1.54, 1.807) is 36.4 Å². The van der Waals surface area contributed by atoms with Gasteiger partial charge in [0.05, 0.1) is 0 Å². The maximum absolute atomic E-state index is 12.1. The summed E-state index contributed by atoms with van der Waals surface area (Å²) in [7, 11) is 0. The van der Waals surface area contributed by atoms with E-state index in [0.717, 1.165) is 30.5 Å². The first-order valence-corrected chi connectivity index (χ1v) is 11.0. The summed E-state index contributed by atoms with van der Waals surface area (Å²) in [5, 5.41) is 3.27. The van der Waals surface area contributed by atoms with Crippen LogP contribution in [0, 0.1) is 0 Å². The number of hydrogen-bond acceptors (Lipinski definition) is 3. The Morgan fingerprint density at radius 2 is 1.67 bits per heavy atom. The largest absolute Gasteiger partial charge is 0.399 e. The van der Waals surface area contributed by atoms with Gasteiger partial charge in [0.15, 0.2) is 0 Å². The summed E-state index contributed by atoms with van der Waals surface area (Å²) in [4.78, 5) is 23.9. The van der Waals surface area contributed by atoms with Crippen molar-refractivity contribution in [2.75, 3.05) is 12.3 Å². The highest BCUT2D eigenvalue weighted by molar-refractivity contribution is 6.30. The molecule has 3 rings (SSSR count). The number of carbonyl (C=O) groups excluding carboxylic acids is 2. The first-order valence-electron chi connectivity index (χ1n) is 10.6. The van der Waals surface area contributed by atoms with E-state index in [2.05, 4.69) is 12.2 Å². The number of nitrogens with zero attached hydrogens (tertiary/aromatic N) is 1. The van der Waals surface area contributed by atoms with Crippen molar-refractivity contribution in [3.8, 4) is 0 Å². The number of benzene rings is 2. The summed E-state index contributed by atoms with van der Waals surface area (Å²) in [6.07, 6.45) is 2.90. The molecule has 0 aromatic heterocycles. The lowest BCUT2D eigenvalue weighted by atomic mass is 10.1. The van der Waals surface area contributed by atoms with E-state index in [1.165, 1.54) is 0 Å². The predicted molar refractivity (Wildman–Crippen MR) is 128 cm³/mol. The number of carbonyl (C=O) groups is 2. The molecule has 0 bridgehead atoms. The normalized spacial score (nSPS) is 14.1. The van der Waals surface area contributed by atoms with Gasteiger partial charge < -0.3 is 16.0 Å². The summed E-state index contributed by atoms with van der Waals surface area (Å²) in [5.74, 6) is 0.125. The van der Waals surface area contributed by atoms with Gasteiger partial charge in [-0.3, -0.25) is 9.59 Å². The van der Waals surface area contributed by atoms with Crippen LogP contribution >= 0.6 is 11.6 Å². The molecular weight excluding hydrogens is 398 g/mol. The monoisotopic (exact) mass is 433 g/mol. The van der Waals surface area contributed by atoms with E-state index in [9.17, 15) is 9.59 Å². The van der Waals surface area contributed by atoms with Crippen molar-refractivity contribution in [2.24, 2.45) is 0 Å². The topological polar surface area (TPSA) is 75.4 Å². The predicted octanol–water partition coefficient (Wildman–Crippen LogP) is 5.53. The second-order valence-corrected chi connectivity index (χ2v) is 6.67. The van der Waals surface area contributed by atoms with Crippen LogP contribution in [0.5, 0.6) is 0 Å². The summed E-state index contributed by atoms with van der Waals surface area (Å²) in [6.45, 7) is 11.5. The fourth-order valence-electron chi connectivity index (χ4n) is 2.79.